The maximum atomic E-state index is 12.0. The number of aromatic nitrogens is 4. The van der Waals surface area contributed by atoms with E-state index < -0.39 is 5.97 Å². The second-order valence-corrected chi connectivity index (χ2v) is 5.93. The van der Waals surface area contributed by atoms with Crippen molar-refractivity contribution in [3.8, 4) is 0 Å². The molecule has 9 heteroatoms. The summed E-state index contributed by atoms with van der Waals surface area (Å²) < 4.78 is 4.88. The summed E-state index contributed by atoms with van der Waals surface area (Å²) in [5, 5.41) is 0.914. The van der Waals surface area contributed by atoms with Crippen LogP contribution in [-0.2, 0) is 10.5 Å². The van der Waals surface area contributed by atoms with Gasteiger partial charge in [-0.15, -0.1) is 0 Å². The van der Waals surface area contributed by atoms with Gasteiger partial charge in [-0.3, -0.25) is 4.79 Å². The zero-order chi connectivity index (χ0) is 17.8. The number of nitrogen functional groups attached to an aromatic ring is 1. The zero-order valence-electron chi connectivity index (χ0n) is 13.4. The Morgan fingerprint density at radius 3 is 2.88 bits per heavy atom. The zero-order valence-corrected chi connectivity index (χ0v) is 14.2. The number of rotatable bonds is 5. The number of H-pyrrole nitrogens is 1. The van der Waals surface area contributed by atoms with Gasteiger partial charge in [0.2, 0.25) is 0 Å². The molecule has 0 atom stereocenters. The van der Waals surface area contributed by atoms with Crippen molar-refractivity contribution in [1.29, 1.82) is 0 Å². The van der Waals surface area contributed by atoms with Crippen molar-refractivity contribution in [3.63, 3.8) is 0 Å². The molecule has 3 aromatic rings. The molecule has 2 aromatic heterocycles. The number of ether oxygens (including phenoxy) is 1. The molecule has 0 spiro atoms. The highest BCUT2D eigenvalue weighted by atomic mass is 32.2. The Bertz CT molecular complexity index is 989. The number of hydrogen-bond donors (Lipinski definition) is 2. The number of esters is 1. The first-order chi connectivity index (χ1) is 12.1. The SMILES string of the molecule is CCOC(=O)c1cnc(SCc2nc3ccccc3c(=O)[nH]2)nc1N. The fraction of sp³-hybridized carbons (Fsp3) is 0.188. The molecule has 0 fully saturated rings. The van der Waals surface area contributed by atoms with Crippen molar-refractivity contribution in [2.75, 3.05) is 12.3 Å². The molecule has 0 saturated heterocycles. The third-order valence-corrected chi connectivity index (χ3v) is 4.16. The fourth-order valence-corrected chi connectivity index (χ4v) is 2.84. The van der Waals surface area contributed by atoms with E-state index in [0.717, 1.165) is 0 Å². The lowest BCUT2D eigenvalue weighted by Gasteiger charge is -2.06. The van der Waals surface area contributed by atoms with E-state index in [1.54, 1.807) is 25.1 Å². The van der Waals surface area contributed by atoms with Gasteiger partial charge >= 0.3 is 5.97 Å². The standard InChI is InChI=1S/C16H15N5O3S/c1-2-24-15(23)10-7-18-16(21-13(10)17)25-8-12-19-11-6-4-3-5-9(11)14(22)20-12/h3-7H,2,8H2,1H3,(H2,17,18,21)(H,19,20,22). The number of carbonyl (C=O) groups is 1. The highest BCUT2D eigenvalue weighted by Crippen LogP contribution is 2.20. The van der Waals surface area contributed by atoms with Crippen LogP contribution in [0.15, 0.2) is 40.4 Å². The van der Waals surface area contributed by atoms with E-state index >= 15 is 0 Å². The molecule has 128 valence electrons. The number of nitrogens with one attached hydrogen (secondary N) is 1. The quantitative estimate of drug-likeness (QED) is 0.402. The lowest BCUT2D eigenvalue weighted by molar-refractivity contribution is 0.0526. The molecule has 1 aromatic carbocycles. The molecule has 0 aliphatic heterocycles. The van der Waals surface area contributed by atoms with Crippen molar-refractivity contribution >= 4 is 34.5 Å². The van der Waals surface area contributed by atoms with Crippen LogP contribution in [-0.4, -0.2) is 32.5 Å². The average Bonchev–Trinajstić information content (AvgIpc) is 2.60. The van der Waals surface area contributed by atoms with E-state index in [1.807, 2.05) is 6.07 Å². The van der Waals surface area contributed by atoms with Crippen molar-refractivity contribution < 1.29 is 9.53 Å². The predicted octanol–water partition coefficient (Wildman–Crippen LogP) is 1.76. The Hall–Kier alpha value is -2.94. The molecular formula is C16H15N5O3S. The van der Waals surface area contributed by atoms with E-state index in [9.17, 15) is 9.59 Å². The van der Waals surface area contributed by atoms with Gasteiger partial charge in [0.1, 0.15) is 17.2 Å². The van der Waals surface area contributed by atoms with Crippen LogP contribution in [0.25, 0.3) is 10.9 Å². The van der Waals surface area contributed by atoms with Crippen LogP contribution in [0.2, 0.25) is 0 Å². The Morgan fingerprint density at radius 2 is 2.12 bits per heavy atom. The van der Waals surface area contributed by atoms with Gasteiger partial charge < -0.3 is 15.5 Å². The first kappa shape index (κ1) is 16.9. The number of fused-ring (bicyclic) bond motifs is 1. The van der Waals surface area contributed by atoms with Gasteiger partial charge in [0.25, 0.3) is 5.56 Å². The number of thioether (sulfide) groups is 1. The summed E-state index contributed by atoms with van der Waals surface area (Å²) >= 11 is 1.25. The van der Waals surface area contributed by atoms with Gasteiger partial charge in [-0.05, 0) is 19.1 Å². The van der Waals surface area contributed by atoms with E-state index in [4.69, 9.17) is 10.5 Å². The highest BCUT2D eigenvalue weighted by molar-refractivity contribution is 7.98. The normalized spacial score (nSPS) is 10.8. The molecule has 3 N–H and O–H groups in total. The summed E-state index contributed by atoms with van der Waals surface area (Å²) in [7, 11) is 0. The smallest absolute Gasteiger partial charge is 0.343 e. The Morgan fingerprint density at radius 1 is 1.32 bits per heavy atom. The molecule has 2 heterocycles. The van der Waals surface area contributed by atoms with Crippen molar-refractivity contribution in [2.45, 2.75) is 17.8 Å². The Labute approximate surface area is 146 Å². The number of nitrogens with two attached hydrogens (primary N) is 1. The van der Waals surface area contributed by atoms with Gasteiger partial charge in [0.05, 0.1) is 23.3 Å². The number of carbonyl (C=O) groups excluding carboxylic acids is 1. The van der Waals surface area contributed by atoms with E-state index in [1.165, 1.54) is 18.0 Å². The van der Waals surface area contributed by atoms with E-state index in [-0.39, 0.29) is 23.5 Å². The van der Waals surface area contributed by atoms with Crippen LogP contribution in [0.1, 0.15) is 23.1 Å². The lowest BCUT2D eigenvalue weighted by atomic mass is 10.2. The topological polar surface area (TPSA) is 124 Å². The van der Waals surface area contributed by atoms with Gasteiger partial charge in [0, 0.05) is 6.20 Å². The second kappa shape index (κ2) is 7.31. The minimum atomic E-state index is -0.558. The number of hydrogen-bond acceptors (Lipinski definition) is 8. The first-order valence-corrected chi connectivity index (χ1v) is 8.47. The minimum Gasteiger partial charge on any atom is -0.462 e. The number of anilines is 1. The van der Waals surface area contributed by atoms with Crippen LogP contribution in [0, 0.1) is 0 Å². The van der Waals surface area contributed by atoms with Gasteiger partial charge in [-0.25, -0.2) is 19.7 Å². The van der Waals surface area contributed by atoms with Crippen LogP contribution in [0.5, 0.6) is 0 Å². The lowest BCUT2D eigenvalue weighted by Crippen LogP contribution is -2.12. The van der Waals surface area contributed by atoms with Crippen LogP contribution in [0.4, 0.5) is 5.82 Å². The summed E-state index contributed by atoms with van der Waals surface area (Å²) in [5.41, 5.74) is 6.34. The molecule has 3 rings (SSSR count). The molecule has 0 amide bonds. The predicted molar refractivity (Wildman–Crippen MR) is 94.3 cm³/mol. The summed E-state index contributed by atoms with van der Waals surface area (Å²) in [6.45, 7) is 1.95. The monoisotopic (exact) mass is 357 g/mol. The summed E-state index contributed by atoms with van der Waals surface area (Å²) in [6, 6.07) is 7.11. The summed E-state index contributed by atoms with van der Waals surface area (Å²) in [5.74, 6) is 0.358. The largest absolute Gasteiger partial charge is 0.462 e. The molecule has 0 radical (unpaired) electrons. The molecule has 0 aliphatic carbocycles. The third-order valence-electron chi connectivity index (χ3n) is 3.29. The number of para-hydroxylation sites is 1. The molecule has 25 heavy (non-hydrogen) atoms. The number of nitrogens with zero attached hydrogens (tertiary/aromatic N) is 3. The van der Waals surface area contributed by atoms with Gasteiger partial charge in [-0.1, -0.05) is 23.9 Å². The Balaban J connectivity index is 1.77. The van der Waals surface area contributed by atoms with Crippen molar-refractivity contribution in [2.24, 2.45) is 0 Å². The minimum absolute atomic E-state index is 0.0518. The summed E-state index contributed by atoms with van der Waals surface area (Å²) in [6.07, 6.45) is 1.33. The second-order valence-electron chi connectivity index (χ2n) is 4.99. The van der Waals surface area contributed by atoms with Crippen molar-refractivity contribution in [3.05, 3.63) is 52.2 Å². The van der Waals surface area contributed by atoms with Crippen LogP contribution < -0.4 is 11.3 Å². The molecule has 0 aliphatic rings. The Kier molecular flexibility index (Phi) is 4.94. The highest BCUT2D eigenvalue weighted by Gasteiger charge is 2.14. The van der Waals surface area contributed by atoms with Crippen LogP contribution in [0.3, 0.4) is 0 Å². The molecule has 8 nitrogen and oxygen atoms in total. The summed E-state index contributed by atoms with van der Waals surface area (Å²) in [4.78, 5) is 39.0. The number of benzene rings is 1. The molecule has 0 unspecified atom stereocenters. The molecular weight excluding hydrogens is 342 g/mol. The average molecular weight is 357 g/mol. The maximum absolute atomic E-state index is 12.0. The third kappa shape index (κ3) is 3.77. The van der Waals surface area contributed by atoms with Gasteiger partial charge in [-0.2, -0.15) is 0 Å². The molecule has 0 bridgehead atoms. The van der Waals surface area contributed by atoms with E-state index in [2.05, 4.69) is 19.9 Å². The molecule has 0 saturated carbocycles. The maximum Gasteiger partial charge on any atom is 0.343 e. The fourth-order valence-electron chi connectivity index (χ4n) is 2.15. The number of aromatic amines is 1. The van der Waals surface area contributed by atoms with Crippen LogP contribution >= 0.6 is 11.8 Å². The first-order valence-electron chi connectivity index (χ1n) is 7.49. The van der Waals surface area contributed by atoms with Gasteiger partial charge in [0.15, 0.2) is 5.16 Å². The van der Waals surface area contributed by atoms with E-state index in [0.29, 0.717) is 27.6 Å². The van der Waals surface area contributed by atoms with Crippen molar-refractivity contribution in [1.82, 2.24) is 19.9 Å².